The standard InChI is InChI=1S/C18H20ClN3O3S/c1-11-6-15(25-21-11)8-17(24)22-10-14(23)7-16(22)18(26)20-9-12-2-4-13(19)5-3-12/h2-6,14,16,23H,7-10H2,1H3,(H,20,26). The summed E-state index contributed by atoms with van der Waals surface area (Å²) < 4.78 is 5.11. The first-order chi connectivity index (χ1) is 12.4. The number of hydrogen-bond acceptors (Lipinski definition) is 5. The van der Waals surface area contributed by atoms with Gasteiger partial charge in [-0.05, 0) is 24.6 Å². The Morgan fingerprint density at radius 3 is 2.85 bits per heavy atom. The fraction of sp³-hybridized carbons (Fsp3) is 0.389. The minimum Gasteiger partial charge on any atom is -0.391 e. The highest BCUT2D eigenvalue weighted by atomic mass is 35.5. The van der Waals surface area contributed by atoms with Crippen LogP contribution in [0.2, 0.25) is 5.02 Å². The van der Waals surface area contributed by atoms with E-state index in [9.17, 15) is 9.90 Å². The highest BCUT2D eigenvalue weighted by molar-refractivity contribution is 7.80. The van der Waals surface area contributed by atoms with Gasteiger partial charge < -0.3 is 19.8 Å². The van der Waals surface area contributed by atoms with Gasteiger partial charge in [0.25, 0.3) is 0 Å². The quantitative estimate of drug-likeness (QED) is 0.758. The topological polar surface area (TPSA) is 78.6 Å². The van der Waals surface area contributed by atoms with E-state index in [-0.39, 0.29) is 24.9 Å². The van der Waals surface area contributed by atoms with Gasteiger partial charge in [-0.15, -0.1) is 0 Å². The summed E-state index contributed by atoms with van der Waals surface area (Å²) in [4.78, 5) is 14.8. The van der Waals surface area contributed by atoms with Crippen LogP contribution in [0.4, 0.5) is 0 Å². The van der Waals surface area contributed by atoms with Gasteiger partial charge in [0.2, 0.25) is 5.91 Å². The number of aromatic nitrogens is 1. The van der Waals surface area contributed by atoms with Gasteiger partial charge in [0.05, 0.1) is 29.2 Å². The number of thiocarbonyl (C=S) groups is 1. The second-order valence-electron chi connectivity index (χ2n) is 6.41. The van der Waals surface area contributed by atoms with Crippen LogP contribution < -0.4 is 5.32 Å². The maximum absolute atomic E-state index is 12.6. The van der Waals surface area contributed by atoms with Crippen LogP contribution >= 0.6 is 23.8 Å². The van der Waals surface area contributed by atoms with Crippen LogP contribution in [-0.2, 0) is 17.8 Å². The van der Waals surface area contributed by atoms with Crippen molar-refractivity contribution in [2.45, 2.75) is 38.5 Å². The van der Waals surface area contributed by atoms with Crippen molar-refractivity contribution in [1.29, 1.82) is 0 Å². The van der Waals surface area contributed by atoms with Crippen LogP contribution in [0.15, 0.2) is 34.9 Å². The van der Waals surface area contributed by atoms with Crippen LogP contribution in [0, 0.1) is 6.92 Å². The second kappa shape index (κ2) is 8.16. The number of carbonyl (C=O) groups excluding carboxylic acids is 1. The third-order valence-electron chi connectivity index (χ3n) is 4.28. The number of β-amino-alcohol motifs (C(OH)–C–C–N with tert-alkyl or cyclic N) is 1. The van der Waals surface area contributed by atoms with Crippen molar-refractivity contribution >= 4 is 34.7 Å². The van der Waals surface area contributed by atoms with Crippen molar-refractivity contribution in [2.75, 3.05) is 6.54 Å². The number of hydrogen-bond donors (Lipinski definition) is 2. The first kappa shape index (κ1) is 18.8. The summed E-state index contributed by atoms with van der Waals surface area (Å²) in [7, 11) is 0. The number of aryl methyl sites for hydroxylation is 1. The molecular weight excluding hydrogens is 374 g/mol. The van der Waals surface area contributed by atoms with E-state index in [4.69, 9.17) is 28.3 Å². The van der Waals surface area contributed by atoms with E-state index in [0.717, 1.165) is 11.3 Å². The summed E-state index contributed by atoms with van der Waals surface area (Å²) >= 11 is 11.4. The molecule has 0 aliphatic carbocycles. The molecule has 0 radical (unpaired) electrons. The molecule has 2 aromatic rings. The van der Waals surface area contributed by atoms with Crippen molar-refractivity contribution < 1.29 is 14.4 Å². The summed E-state index contributed by atoms with van der Waals surface area (Å²) in [6, 6.07) is 8.86. The Kier molecular flexibility index (Phi) is 5.90. The van der Waals surface area contributed by atoms with Crippen LogP contribution in [0.1, 0.15) is 23.4 Å². The average Bonchev–Trinajstić information content (AvgIpc) is 3.19. The van der Waals surface area contributed by atoms with E-state index < -0.39 is 6.10 Å². The predicted molar refractivity (Wildman–Crippen MR) is 102 cm³/mol. The summed E-state index contributed by atoms with van der Waals surface area (Å²) in [6.07, 6.45) is -0.0620. The number of carbonyl (C=O) groups is 1. The molecule has 1 aromatic carbocycles. The number of halogens is 1. The maximum Gasteiger partial charge on any atom is 0.230 e. The largest absolute Gasteiger partial charge is 0.391 e. The molecule has 1 aromatic heterocycles. The predicted octanol–water partition coefficient (Wildman–Crippen LogP) is 2.26. The first-order valence-corrected chi connectivity index (χ1v) is 9.13. The van der Waals surface area contributed by atoms with Gasteiger partial charge >= 0.3 is 0 Å². The lowest BCUT2D eigenvalue weighted by Crippen LogP contribution is -2.45. The van der Waals surface area contributed by atoms with E-state index in [1.165, 1.54) is 0 Å². The Morgan fingerprint density at radius 1 is 1.46 bits per heavy atom. The van der Waals surface area contributed by atoms with Crippen LogP contribution in [0.5, 0.6) is 0 Å². The van der Waals surface area contributed by atoms with Gasteiger partial charge in [-0.25, -0.2) is 0 Å². The number of aliphatic hydroxyl groups is 1. The zero-order chi connectivity index (χ0) is 18.7. The molecule has 2 heterocycles. The lowest BCUT2D eigenvalue weighted by Gasteiger charge is -2.25. The molecule has 0 bridgehead atoms. The highest BCUT2D eigenvalue weighted by Crippen LogP contribution is 2.21. The minimum absolute atomic E-state index is 0.101. The highest BCUT2D eigenvalue weighted by Gasteiger charge is 2.37. The summed E-state index contributed by atoms with van der Waals surface area (Å²) in [6.45, 7) is 2.60. The third kappa shape index (κ3) is 4.60. The molecular formula is C18H20ClN3O3S. The number of nitrogens with one attached hydrogen (secondary N) is 1. The number of amides is 1. The van der Waals surface area contributed by atoms with E-state index >= 15 is 0 Å². The fourth-order valence-electron chi connectivity index (χ4n) is 3.00. The zero-order valence-corrected chi connectivity index (χ0v) is 15.9. The number of benzene rings is 1. The van der Waals surface area contributed by atoms with Gasteiger partial charge in [-0.3, -0.25) is 4.79 Å². The molecule has 8 heteroatoms. The van der Waals surface area contributed by atoms with E-state index in [2.05, 4.69) is 10.5 Å². The SMILES string of the molecule is Cc1cc(CC(=O)N2CC(O)CC2C(=S)NCc2ccc(Cl)cc2)on1. The third-order valence-corrected chi connectivity index (χ3v) is 4.95. The van der Waals surface area contributed by atoms with Gasteiger partial charge in [0, 0.05) is 30.6 Å². The molecule has 2 unspecified atom stereocenters. The van der Waals surface area contributed by atoms with Crippen molar-refractivity contribution in [2.24, 2.45) is 0 Å². The second-order valence-corrected chi connectivity index (χ2v) is 7.28. The van der Waals surface area contributed by atoms with E-state index in [1.807, 2.05) is 24.3 Å². The normalized spacial score (nSPS) is 19.6. The molecule has 2 N–H and O–H groups in total. The van der Waals surface area contributed by atoms with E-state index in [1.54, 1.807) is 17.9 Å². The molecule has 1 aliphatic rings. The fourth-order valence-corrected chi connectivity index (χ4v) is 3.42. The van der Waals surface area contributed by atoms with Gasteiger partial charge in [0.1, 0.15) is 5.76 Å². The Hall–Kier alpha value is -1.96. The molecule has 3 rings (SSSR count). The average molecular weight is 394 g/mol. The molecule has 2 atom stereocenters. The van der Waals surface area contributed by atoms with Crippen molar-refractivity contribution in [3.63, 3.8) is 0 Å². The lowest BCUT2D eigenvalue weighted by molar-refractivity contribution is -0.130. The van der Waals surface area contributed by atoms with Gasteiger partial charge in [0.15, 0.2) is 0 Å². The molecule has 138 valence electrons. The lowest BCUT2D eigenvalue weighted by atomic mass is 10.1. The van der Waals surface area contributed by atoms with Gasteiger partial charge in [-0.1, -0.05) is 41.1 Å². The molecule has 1 aliphatic heterocycles. The first-order valence-electron chi connectivity index (χ1n) is 8.34. The number of rotatable bonds is 5. The Labute approximate surface area is 162 Å². The smallest absolute Gasteiger partial charge is 0.230 e. The molecule has 1 saturated heterocycles. The molecule has 6 nitrogen and oxygen atoms in total. The maximum atomic E-state index is 12.6. The summed E-state index contributed by atoms with van der Waals surface area (Å²) in [5, 5.41) is 17.7. The minimum atomic E-state index is -0.587. The van der Waals surface area contributed by atoms with Crippen LogP contribution in [0.3, 0.4) is 0 Å². The Bertz CT molecular complexity index is 793. The molecule has 26 heavy (non-hydrogen) atoms. The van der Waals surface area contributed by atoms with Crippen LogP contribution in [-0.4, -0.2) is 44.7 Å². The molecule has 1 fully saturated rings. The molecule has 0 saturated carbocycles. The summed E-state index contributed by atoms with van der Waals surface area (Å²) in [5.74, 6) is 0.367. The molecule has 1 amide bonds. The number of likely N-dealkylation sites (tertiary alicyclic amines) is 1. The Balaban J connectivity index is 1.61. The summed E-state index contributed by atoms with van der Waals surface area (Å²) in [5.41, 5.74) is 1.76. The zero-order valence-electron chi connectivity index (χ0n) is 14.3. The van der Waals surface area contributed by atoms with Crippen molar-refractivity contribution in [1.82, 2.24) is 15.4 Å². The number of nitrogens with zero attached hydrogens (tertiary/aromatic N) is 2. The van der Waals surface area contributed by atoms with Gasteiger partial charge in [-0.2, -0.15) is 0 Å². The monoisotopic (exact) mass is 393 g/mol. The van der Waals surface area contributed by atoms with E-state index in [0.29, 0.717) is 28.7 Å². The number of aliphatic hydroxyl groups excluding tert-OH is 1. The van der Waals surface area contributed by atoms with Crippen molar-refractivity contribution in [3.05, 3.63) is 52.4 Å². The van der Waals surface area contributed by atoms with Crippen molar-refractivity contribution in [3.8, 4) is 0 Å². The Morgan fingerprint density at radius 2 is 2.19 bits per heavy atom. The molecule has 0 spiro atoms. The van der Waals surface area contributed by atoms with Crippen LogP contribution in [0.25, 0.3) is 0 Å².